The van der Waals surface area contributed by atoms with Crippen LogP contribution in [0.5, 0.6) is 0 Å². The molecule has 2 rings (SSSR count). The second-order valence-electron chi connectivity index (χ2n) is 5.81. The molecule has 0 aromatic heterocycles. The smallest absolute Gasteiger partial charge is 0.126 e. The fourth-order valence-electron chi connectivity index (χ4n) is 3.19. The first-order chi connectivity index (χ1) is 8.72. The Hall–Kier alpha value is -0.850. The van der Waals surface area contributed by atoms with Gasteiger partial charge in [0, 0.05) is 0 Å². The minimum atomic E-state index is 0.00866. The van der Waals surface area contributed by atoms with Gasteiger partial charge in [0.05, 0.1) is 0 Å². The molecule has 1 aliphatic carbocycles. The van der Waals surface area contributed by atoms with E-state index < -0.39 is 0 Å². The fraction of sp³-hybridized carbons (Fsp3) is 0.647. The molecule has 1 aliphatic rings. The summed E-state index contributed by atoms with van der Waals surface area (Å²) in [5.41, 5.74) is 2.30. The Morgan fingerprint density at radius 1 is 1.22 bits per heavy atom. The van der Waals surface area contributed by atoms with Crippen molar-refractivity contribution in [3.05, 3.63) is 35.1 Å². The molecule has 0 aliphatic heterocycles. The average Bonchev–Trinajstić information content (AvgIpc) is 2.40. The average molecular weight is 248 g/mol. The summed E-state index contributed by atoms with van der Waals surface area (Å²) < 4.78 is 14.0. The fourth-order valence-corrected chi connectivity index (χ4v) is 3.19. The van der Waals surface area contributed by atoms with Crippen molar-refractivity contribution < 1.29 is 4.39 Å². The largest absolute Gasteiger partial charge is 0.207 e. The molecular weight excluding hydrogens is 223 g/mol. The lowest BCUT2D eigenvalue weighted by Crippen LogP contribution is -2.08. The SMILES string of the molecule is CCCC(C)c1ccc(F)c(C2CCCCC2)c1. The van der Waals surface area contributed by atoms with Gasteiger partial charge in [-0.1, -0.05) is 51.7 Å². The van der Waals surface area contributed by atoms with E-state index in [0.29, 0.717) is 11.8 Å². The normalized spacial score (nSPS) is 18.8. The van der Waals surface area contributed by atoms with Crippen LogP contribution in [0.15, 0.2) is 18.2 Å². The molecule has 100 valence electrons. The van der Waals surface area contributed by atoms with Gasteiger partial charge in [0.25, 0.3) is 0 Å². The highest BCUT2D eigenvalue weighted by atomic mass is 19.1. The minimum absolute atomic E-state index is 0.00866. The van der Waals surface area contributed by atoms with Crippen LogP contribution >= 0.6 is 0 Å². The Kier molecular flexibility index (Phi) is 4.79. The summed E-state index contributed by atoms with van der Waals surface area (Å²) in [6.45, 7) is 4.46. The van der Waals surface area contributed by atoms with Crippen LogP contribution in [-0.4, -0.2) is 0 Å². The van der Waals surface area contributed by atoms with Crippen molar-refractivity contribution in [1.82, 2.24) is 0 Å². The Balaban J connectivity index is 2.20. The minimum Gasteiger partial charge on any atom is -0.207 e. The zero-order valence-corrected chi connectivity index (χ0v) is 11.7. The molecule has 1 unspecified atom stereocenters. The summed E-state index contributed by atoms with van der Waals surface area (Å²) in [5.74, 6) is 1.03. The predicted octanol–water partition coefficient (Wildman–Crippen LogP) is 5.78. The van der Waals surface area contributed by atoms with E-state index in [1.807, 2.05) is 6.07 Å². The van der Waals surface area contributed by atoms with Crippen molar-refractivity contribution in [2.45, 2.75) is 70.6 Å². The Morgan fingerprint density at radius 3 is 2.61 bits per heavy atom. The van der Waals surface area contributed by atoms with Crippen LogP contribution in [0.25, 0.3) is 0 Å². The number of hydrogen-bond acceptors (Lipinski definition) is 0. The van der Waals surface area contributed by atoms with Crippen LogP contribution in [0.1, 0.15) is 81.8 Å². The Bertz CT molecular complexity index is 377. The lowest BCUT2D eigenvalue weighted by Gasteiger charge is -2.23. The van der Waals surface area contributed by atoms with Crippen LogP contribution in [0.2, 0.25) is 0 Å². The second kappa shape index (κ2) is 6.36. The zero-order chi connectivity index (χ0) is 13.0. The molecule has 1 saturated carbocycles. The lowest BCUT2D eigenvalue weighted by molar-refractivity contribution is 0.429. The monoisotopic (exact) mass is 248 g/mol. The summed E-state index contributed by atoms with van der Waals surface area (Å²) in [6, 6.07) is 5.80. The second-order valence-corrected chi connectivity index (χ2v) is 5.81. The van der Waals surface area contributed by atoms with Gasteiger partial charge in [0.1, 0.15) is 5.82 Å². The van der Waals surface area contributed by atoms with Crippen molar-refractivity contribution in [1.29, 1.82) is 0 Å². The Morgan fingerprint density at radius 2 is 1.94 bits per heavy atom. The topological polar surface area (TPSA) is 0 Å². The molecular formula is C17H25F. The molecule has 0 radical (unpaired) electrons. The molecule has 1 aromatic carbocycles. The van der Waals surface area contributed by atoms with E-state index in [9.17, 15) is 4.39 Å². The lowest BCUT2D eigenvalue weighted by atomic mass is 9.82. The van der Waals surface area contributed by atoms with Gasteiger partial charge in [-0.2, -0.15) is 0 Å². The molecule has 0 amide bonds. The third-order valence-corrected chi connectivity index (χ3v) is 4.36. The highest BCUT2D eigenvalue weighted by Gasteiger charge is 2.19. The standard InChI is InChI=1S/C17H25F/c1-3-7-13(2)15-10-11-17(18)16(12-15)14-8-5-4-6-9-14/h10-14H,3-9H2,1-2H3. The molecule has 0 saturated heterocycles. The van der Waals surface area contributed by atoms with Gasteiger partial charge >= 0.3 is 0 Å². The summed E-state index contributed by atoms with van der Waals surface area (Å²) in [5, 5.41) is 0. The van der Waals surface area contributed by atoms with Crippen molar-refractivity contribution in [3.63, 3.8) is 0 Å². The van der Waals surface area contributed by atoms with Crippen molar-refractivity contribution >= 4 is 0 Å². The number of hydrogen-bond donors (Lipinski definition) is 0. The molecule has 1 aromatic rings. The highest BCUT2D eigenvalue weighted by Crippen LogP contribution is 2.35. The third kappa shape index (κ3) is 3.13. The van der Waals surface area contributed by atoms with Crippen LogP contribution < -0.4 is 0 Å². The van der Waals surface area contributed by atoms with Gasteiger partial charge in [-0.05, 0) is 48.3 Å². The molecule has 1 fully saturated rings. The highest BCUT2D eigenvalue weighted by molar-refractivity contribution is 5.30. The molecule has 18 heavy (non-hydrogen) atoms. The summed E-state index contributed by atoms with van der Waals surface area (Å²) in [6.07, 6.45) is 8.57. The Labute approximate surface area is 111 Å². The van der Waals surface area contributed by atoms with Gasteiger partial charge in [0.15, 0.2) is 0 Å². The van der Waals surface area contributed by atoms with Gasteiger partial charge in [0.2, 0.25) is 0 Å². The van der Waals surface area contributed by atoms with E-state index in [0.717, 1.165) is 5.56 Å². The maximum absolute atomic E-state index is 14.0. The van der Waals surface area contributed by atoms with E-state index >= 15 is 0 Å². The maximum atomic E-state index is 14.0. The molecule has 0 N–H and O–H groups in total. The molecule has 0 nitrogen and oxygen atoms in total. The molecule has 0 heterocycles. The molecule has 1 atom stereocenters. The number of halogens is 1. The first-order valence-corrected chi connectivity index (χ1v) is 7.51. The molecule has 0 spiro atoms. The van der Waals surface area contributed by atoms with Gasteiger partial charge in [-0.3, -0.25) is 0 Å². The van der Waals surface area contributed by atoms with Crippen molar-refractivity contribution in [2.24, 2.45) is 0 Å². The maximum Gasteiger partial charge on any atom is 0.126 e. The molecule has 1 heteroatoms. The van der Waals surface area contributed by atoms with E-state index in [4.69, 9.17) is 0 Å². The van der Waals surface area contributed by atoms with Crippen molar-refractivity contribution in [2.75, 3.05) is 0 Å². The quantitative estimate of drug-likeness (QED) is 0.634. The van der Waals surface area contributed by atoms with E-state index in [-0.39, 0.29) is 5.82 Å². The van der Waals surface area contributed by atoms with Gasteiger partial charge < -0.3 is 0 Å². The van der Waals surface area contributed by atoms with Crippen LogP contribution in [0.4, 0.5) is 4.39 Å². The number of rotatable bonds is 4. The zero-order valence-electron chi connectivity index (χ0n) is 11.7. The summed E-state index contributed by atoms with van der Waals surface area (Å²) in [4.78, 5) is 0. The van der Waals surface area contributed by atoms with Crippen LogP contribution in [0.3, 0.4) is 0 Å². The molecule has 0 bridgehead atoms. The summed E-state index contributed by atoms with van der Waals surface area (Å²) >= 11 is 0. The third-order valence-electron chi connectivity index (χ3n) is 4.36. The van der Waals surface area contributed by atoms with Crippen LogP contribution in [0, 0.1) is 5.82 Å². The van der Waals surface area contributed by atoms with Gasteiger partial charge in [-0.15, -0.1) is 0 Å². The van der Waals surface area contributed by atoms with Crippen LogP contribution in [-0.2, 0) is 0 Å². The first kappa shape index (κ1) is 13.6. The predicted molar refractivity (Wildman–Crippen MR) is 75.5 cm³/mol. The first-order valence-electron chi connectivity index (χ1n) is 7.51. The van der Waals surface area contributed by atoms with Crippen molar-refractivity contribution in [3.8, 4) is 0 Å². The van der Waals surface area contributed by atoms with E-state index in [1.54, 1.807) is 6.07 Å². The van der Waals surface area contributed by atoms with E-state index in [1.165, 1.54) is 50.5 Å². The number of benzene rings is 1. The van der Waals surface area contributed by atoms with Gasteiger partial charge in [-0.25, -0.2) is 4.39 Å². The summed E-state index contributed by atoms with van der Waals surface area (Å²) in [7, 11) is 0. The van der Waals surface area contributed by atoms with E-state index in [2.05, 4.69) is 19.9 Å².